The van der Waals surface area contributed by atoms with Gasteiger partial charge in [0.15, 0.2) is 0 Å². The van der Waals surface area contributed by atoms with Gasteiger partial charge in [0.25, 0.3) is 0 Å². The zero-order valence-electron chi connectivity index (χ0n) is 24.0. The van der Waals surface area contributed by atoms with Crippen LogP contribution < -0.4 is 9.64 Å². The number of hydrogen-bond acceptors (Lipinski definition) is 6. The third-order valence-corrected chi connectivity index (χ3v) is 8.56. The fourth-order valence-electron chi connectivity index (χ4n) is 6.89. The molecule has 0 bridgehead atoms. The molecule has 0 radical (unpaired) electrons. The van der Waals surface area contributed by atoms with Crippen LogP contribution in [0.5, 0.6) is 5.75 Å². The molecule has 2 saturated heterocycles. The number of nitrogens with zero attached hydrogens (tertiary/aromatic N) is 3. The van der Waals surface area contributed by atoms with Crippen molar-refractivity contribution in [2.75, 3.05) is 31.2 Å². The molecule has 0 aliphatic carbocycles. The Hall–Kier alpha value is -3.17. The van der Waals surface area contributed by atoms with Crippen molar-refractivity contribution in [2.45, 2.75) is 70.9 Å². The van der Waals surface area contributed by atoms with Gasteiger partial charge in [-0.05, 0) is 57.4 Å². The molecule has 1 unspecified atom stereocenters. The molecule has 1 aromatic rings. The number of aliphatic hydroxyl groups excluding tert-OH is 1. The lowest BCUT2D eigenvalue weighted by Crippen LogP contribution is -2.59. The van der Waals surface area contributed by atoms with Crippen LogP contribution in [-0.2, 0) is 19.1 Å². The maximum absolute atomic E-state index is 14.5. The summed E-state index contributed by atoms with van der Waals surface area (Å²) in [7, 11) is 0. The molecule has 1 aromatic carbocycles. The highest BCUT2D eigenvalue weighted by atomic mass is 16.5. The largest absolute Gasteiger partial charge is 0.494 e. The molecular weight excluding hydrogens is 510 g/mol. The Bertz CT molecular complexity index is 1190. The standard InChI is InChI=1S/C31H41N3O6/c1-6-39-23-12-10-21(11-13-23)33-15-7-9-24-25(28(33)36)26-29(37)34(22(18-35)17-19(2)3)27-30(38)32(20(4)5)16-8-14-31(26,27)40-24/h7-14,19-20,22,24-27,35H,6,15-18H2,1-5H3/t22-,24+,25-,26+,27?,31+/m1/s1. The number of anilines is 1. The van der Waals surface area contributed by atoms with Crippen molar-refractivity contribution in [3.63, 3.8) is 0 Å². The number of aliphatic hydroxyl groups is 1. The van der Waals surface area contributed by atoms with E-state index in [0.717, 1.165) is 0 Å². The van der Waals surface area contributed by atoms with Crippen molar-refractivity contribution in [3.05, 3.63) is 48.6 Å². The topological polar surface area (TPSA) is 99.6 Å². The highest BCUT2D eigenvalue weighted by Gasteiger charge is 2.72. The predicted octanol–water partition coefficient (Wildman–Crippen LogP) is 2.78. The quantitative estimate of drug-likeness (QED) is 0.499. The zero-order chi connectivity index (χ0) is 28.8. The van der Waals surface area contributed by atoms with E-state index in [2.05, 4.69) is 0 Å². The molecular formula is C31H41N3O6. The molecule has 1 N–H and O–H groups in total. The first-order valence-electron chi connectivity index (χ1n) is 14.4. The van der Waals surface area contributed by atoms with Crippen LogP contribution in [0.2, 0.25) is 0 Å². The van der Waals surface area contributed by atoms with Crippen molar-refractivity contribution >= 4 is 23.4 Å². The van der Waals surface area contributed by atoms with Crippen molar-refractivity contribution < 1.29 is 29.0 Å². The monoisotopic (exact) mass is 551 g/mol. The van der Waals surface area contributed by atoms with E-state index in [1.807, 2.05) is 83.2 Å². The second-order valence-electron chi connectivity index (χ2n) is 11.8. The van der Waals surface area contributed by atoms with Gasteiger partial charge >= 0.3 is 0 Å². The Kier molecular flexibility index (Phi) is 7.81. The van der Waals surface area contributed by atoms with Crippen LogP contribution in [0.1, 0.15) is 41.0 Å². The molecule has 5 rings (SSSR count). The molecule has 2 fully saturated rings. The van der Waals surface area contributed by atoms with Crippen LogP contribution in [0.3, 0.4) is 0 Å². The van der Waals surface area contributed by atoms with Crippen LogP contribution in [0.15, 0.2) is 48.6 Å². The molecule has 4 aliphatic rings. The maximum atomic E-state index is 14.5. The first-order chi connectivity index (χ1) is 19.1. The molecule has 0 aromatic heterocycles. The van der Waals surface area contributed by atoms with E-state index in [1.165, 1.54) is 0 Å². The minimum absolute atomic E-state index is 0.0930. The van der Waals surface area contributed by atoms with Crippen LogP contribution >= 0.6 is 0 Å². The molecule has 4 heterocycles. The fraction of sp³-hybridized carbons (Fsp3) is 0.581. The Balaban J connectivity index is 1.58. The van der Waals surface area contributed by atoms with Gasteiger partial charge in [-0.2, -0.15) is 0 Å². The van der Waals surface area contributed by atoms with E-state index in [9.17, 15) is 19.5 Å². The predicted molar refractivity (Wildman–Crippen MR) is 151 cm³/mol. The lowest BCUT2D eigenvalue weighted by Gasteiger charge is -2.39. The van der Waals surface area contributed by atoms with Gasteiger partial charge in [0, 0.05) is 24.8 Å². The summed E-state index contributed by atoms with van der Waals surface area (Å²) in [6, 6.07) is 5.72. The summed E-state index contributed by atoms with van der Waals surface area (Å²) in [6.45, 7) is 10.8. The minimum atomic E-state index is -1.31. The van der Waals surface area contributed by atoms with Gasteiger partial charge in [0.2, 0.25) is 17.7 Å². The smallest absolute Gasteiger partial charge is 0.249 e. The lowest BCUT2D eigenvalue weighted by molar-refractivity contribution is -0.151. The highest BCUT2D eigenvalue weighted by molar-refractivity contribution is 6.04. The van der Waals surface area contributed by atoms with Gasteiger partial charge in [-0.3, -0.25) is 14.4 Å². The van der Waals surface area contributed by atoms with Gasteiger partial charge in [-0.25, -0.2) is 0 Å². The second-order valence-corrected chi connectivity index (χ2v) is 11.8. The number of fused-ring (bicyclic) bond motifs is 2. The number of carbonyl (C=O) groups is 3. The molecule has 6 atom stereocenters. The van der Waals surface area contributed by atoms with E-state index in [1.54, 1.807) is 14.7 Å². The van der Waals surface area contributed by atoms with Crippen molar-refractivity contribution in [1.29, 1.82) is 0 Å². The average Bonchev–Trinajstić information content (AvgIpc) is 3.23. The van der Waals surface area contributed by atoms with E-state index in [-0.39, 0.29) is 36.3 Å². The lowest BCUT2D eigenvalue weighted by atomic mass is 9.77. The van der Waals surface area contributed by atoms with Gasteiger partial charge < -0.3 is 29.3 Å². The summed E-state index contributed by atoms with van der Waals surface area (Å²) in [5.74, 6) is -1.55. The van der Waals surface area contributed by atoms with Crippen molar-refractivity contribution in [3.8, 4) is 5.75 Å². The Labute approximate surface area is 236 Å². The summed E-state index contributed by atoms with van der Waals surface area (Å²) < 4.78 is 12.3. The molecule has 3 amide bonds. The molecule has 0 saturated carbocycles. The third kappa shape index (κ3) is 4.53. The molecule has 216 valence electrons. The highest BCUT2D eigenvalue weighted by Crippen LogP contribution is 2.54. The SMILES string of the molecule is CCOc1ccc(N2CC=C[C@@H]3O[C@]45C=CCN(C(C)C)C(=O)C4N([C@@H](CO)CC(C)C)C(=O)[C@@H]5[C@@H]3C2=O)cc1. The normalized spacial score (nSPS) is 30.5. The van der Waals surface area contributed by atoms with Gasteiger partial charge in [0.05, 0.1) is 37.2 Å². The Morgan fingerprint density at radius 1 is 1.02 bits per heavy atom. The van der Waals surface area contributed by atoms with Gasteiger partial charge in [-0.1, -0.05) is 38.2 Å². The number of rotatable bonds is 8. The number of hydrogen-bond donors (Lipinski definition) is 1. The molecule has 1 spiro atoms. The summed E-state index contributed by atoms with van der Waals surface area (Å²) >= 11 is 0. The zero-order valence-corrected chi connectivity index (χ0v) is 24.0. The second kappa shape index (κ2) is 11.0. The van der Waals surface area contributed by atoms with Crippen LogP contribution in [0, 0.1) is 17.8 Å². The van der Waals surface area contributed by atoms with Gasteiger partial charge in [0.1, 0.15) is 17.4 Å². The Morgan fingerprint density at radius 3 is 2.38 bits per heavy atom. The summed E-state index contributed by atoms with van der Waals surface area (Å²) in [5.41, 5.74) is -0.607. The van der Waals surface area contributed by atoms with Crippen LogP contribution in [0.4, 0.5) is 5.69 Å². The first-order valence-corrected chi connectivity index (χ1v) is 14.4. The van der Waals surface area contributed by atoms with Crippen LogP contribution in [0.25, 0.3) is 0 Å². The molecule has 40 heavy (non-hydrogen) atoms. The molecule has 4 aliphatic heterocycles. The molecule has 9 nitrogen and oxygen atoms in total. The Morgan fingerprint density at radius 2 is 1.75 bits per heavy atom. The molecule has 9 heteroatoms. The van der Waals surface area contributed by atoms with Gasteiger partial charge in [-0.15, -0.1) is 0 Å². The minimum Gasteiger partial charge on any atom is -0.494 e. The van der Waals surface area contributed by atoms with E-state index < -0.39 is 35.6 Å². The maximum Gasteiger partial charge on any atom is 0.249 e. The van der Waals surface area contributed by atoms with Crippen molar-refractivity contribution in [1.82, 2.24) is 9.80 Å². The van der Waals surface area contributed by atoms with E-state index in [0.29, 0.717) is 37.6 Å². The summed E-state index contributed by atoms with van der Waals surface area (Å²) in [4.78, 5) is 47.9. The van der Waals surface area contributed by atoms with E-state index in [4.69, 9.17) is 9.47 Å². The van der Waals surface area contributed by atoms with Crippen LogP contribution in [-0.4, -0.2) is 88.8 Å². The summed E-state index contributed by atoms with van der Waals surface area (Å²) in [5, 5.41) is 10.4. The summed E-state index contributed by atoms with van der Waals surface area (Å²) in [6.07, 6.45) is 7.37. The number of likely N-dealkylation sites (tertiary alicyclic amines) is 1. The number of carbonyl (C=O) groups excluding carboxylic acids is 3. The third-order valence-electron chi connectivity index (χ3n) is 8.56. The van der Waals surface area contributed by atoms with E-state index >= 15 is 0 Å². The average molecular weight is 552 g/mol. The number of ether oxygens (including phenoxy) is 2. The number of benzene rings is 1. The van der Waals surface area contributed by atoms with Crippen molar-refractivity contribution in [2.24, 2.45) is 17.8 Å². The fourth-order valence-corrected chi connectivity index (χ4v) is 6.89. The number of amides is 3. The first kappa shape index (κ1) is 28.4.